The molecule has 1 saturated carbocycles. The summed E-state index contributed by atoms with van der Waals surface area (Å²) < 4.78 is 68.7. The van der Waals surface area contributed by atoms with Crippen LogP contribution in [0.15, 0.2) is 61.1 Å². The maximum absolute atomic E-state index is 14.5. The van der Waals surface area contributed by atoms with Gasteiger partial charge in [0.25, 0.3) is 11.8 Å². The summed E-state index contributed by atoms with van der Waals surface area (Å²) in [6, 6.07) is 7.37. The first kappa shape index (κ1) is 29.3. The molecule has 2 aliphatic rings. The van der Waals surface area contributed by atoms with E-state index in [4.69, 9.17) is 11.6 Å². The number of halogens is 4. The van der Waals surface area contributed by atoms with Gasteiger partial charge in [0.2, 0.25) is 15.9 Å². The maximum atomic E-state index is 14.5. The zero-order valence-electron chi connectivity index (χ0n) is 21.6. The Kier molecular flexibility index (Phi) is 7.82. The lowest BCUT2D eigenvalue weighted by molar-refractivity contribution is -0.133. The van der Waals surface area contributed by atoms with Crippen LogP contribution in [0.25, 0.3) is 0 Å². The molecule has 1 aromatic carbocycles. The first-order chi connectivity index (χ1) is 19.9. The van der Waals surface area contributed by atoms with Gasteiger partial charge in [-0.15, -0.1) is 0 Å². The van der Waals surface area contributed by atoms with Crippen molar-refractivity contribution in [1.29, 1.82) is 5.26 Å². The molecule has 2 fully saturated rings. The molecule has 1 aliphatic heterocycles. The number of hydrogen-bond donors (Lipinski definition) is 1. The van der Waals surface area contributed by atoms with E-state index < -0.39 is 70.3 Å². The molecule has 5 rings (SSSR count). The molecule has 0 radical (unpaired) electrons. The number of nitrogens with zero attached hydrogens (tertiary/aromatic N) is 5. The summed E-state index contributed by atoms with van der Waals surface area (Å²) in [6.45, 7) is 0. The molecular formula is C27H22ClF3N6O4S. The van der Waals surface area contributed by atoms with Crippen molar-refractivity contribution >= 4 is 44.9 Å². The second-order valence-corrected chi connectivity index (χ2v) is 12.3. The van der Waals surface area contributed by atoms with Crippen LogP contribution in [0.1, 0.15) is 36.4 Å². The van der Waals surface area contributed by atoms with Gasteiger partial charge in [-0.25, -0.2) is 30.9 Å². The van der Waals surface area contributed by atoms with Gasteiger partial charge >= 0.3 is 0 Å². The third-order valence-corrected chi connectivity index (χ3v) is 9.10. The van der Waals surface area contributed by atoms with Gasteiger partial charge in [-0.1, -0.05) is 29.8 Å². The van der Waals surface area contributed by atoms with Crippen LogP contribution < -0.4 is 14.5 Å². The number of nitriles is 1. The zero-order valence-corrected chi connectivity index (χ0v) is 23.2. The number of benzene rings is 1. The van der Waals surface area contributed by atoms with E-state index in [1.807, 2.05) is 6.07 Å². The summed E-state index contributed by atoms with van der Waals surface area (Å²) in [4.78, 5) is 36.9. The van der Waals surface area contributed by atoms with Gasteiger partial charge in [0.15, 0.2) is 0 Å². The van der Waals surface area contributed by atoms with Gasteiger partial charge in [0.1, 0.15) is 23.7 Å². The zero-order chi connectivity index (χ0) is 30.2. The van der Waals surface area contributed by atoms with E-state index >= 15 is 0 Å². The van der Waals surface area contributed by atoms with Crippen molar-refractivity contribution in [3.63, 3.8) is 0 Å². The summed E-state index contributed by atoms with van der Waals surface area (Å²) in [5.74, 6) is -6.31. The molecule has 15 heteroatoms. The Hall–Kier alpha value is -4.22. The normalized spacial score (nSPS) is 19.8. The van der Waals surface area contributed by atoms with Gasteiger partial charge in [-0.3, -0.25) is 19.5 Å². The minimum absolute atomic E-state index is 0.0399. The van der Waals surface area contributed by atoms with Crippen LogP contribution >= 0.6 is 11.6 Å². The summed E-state index contributed by atoms with van der Waals surface area (Å²) in [6.07, 6.45) is 1.74. The highest BCUT2D eigenvalue weighted by Crippen LogP contribution is 2.40. The average molecular weight is 619 g/mol. The molecule has 10 nitrogen and oxygen atoms in total. The third kappa shape index (κ3) is 5.75. The van der Waals surface area contributed by atoms with Crippen molar-refractivity contribution in [2.45, 2.75) is 43.3 Å². The molecule has 0 bridgehead atoms. The number of anilines is 2. The molecule has 2 atom stereocenters. The summed E-state index contributed by atoms with van der Waals surface area (Å²) in [5.41, 5.74) is -0.0375. The molecule has 0 spiro atoms. The average Bonchev–Trinajstić information content (AvgIpc) is 3.25. The Morgan fingerprint density at radius 1 is 1.19 bits per heavy atom. The van der Waals surface area contributed by atoms with E-state index in [2.05, 4.69) is 15.3 Å². The van der Waals surface area contributed by atoms with E-state index in [1.54, 1.807) is 6.07 Å². The predicted molar refractivity (Wildman–Crippen MR) is 146 cm³/mol. The molecule has 1 N–H and O–H groups in total. The Morgan fingerprint density at radius 3 is 2.60 bits per heavy atom. The number of alkyl halides is 2. The van der Waals surface area contributed by atoms with Crippen molar-refractivity contribution in [3.8, 4) is 6.07 Å². The molecule has 1 aliphatic carbocycles. The Labute approximate surface area is 243 Å². The fraction of sp³-hybridized carbons (Fsp3) is 0.296. The SMILES string of the molecule is N#Cc1ccnc(N2[C@H](C(=O)N(c3cncc(F)c3)[C@@H](C(=O)NC3CC(F)(F)C3)c3ccccc3Cl)CCS2(=O)=O)c1. The minimum Gasteiger partial charge on any atom is -0.351 e. The van der Waals surface area contributed by atoms with Crippen LogP contribution in [-0.4, -0.2) is 54.0 Å². The number of hydrogen-bond acceptors (Lipinski definition) is 7. The van der Waals surface area contributed by atoms with Crippen molar-refractivity contribution in [2.24, 2.45) is 0 Å². The first-order valence-electron chi connectivity index (χ1n) is 12.6. The van der Waals surface area contributed by atoms with E-state index in [9.17, 15) is 36.4 Å². The molecule has 218 valence electrons. The van der Waals surface area contributed by atoms with Gasteiger partial charge < -0.3 is 5.32 Å². The molecule has 3 aromatic rings. The van der Waals surface area contributed by atoms with Crippen molar-refractivity contribution in [3.05, 3.63) is 83.0 Å². The van der Waals surface area contributed by atoms with Gasteiger partial charge in [-0.05, 0) is 24.6 Å². The van der Waals surface area contributed by atoms with Crippen molar-refractivity contribution in [2.75, 3.05) is 15.0 Å². The molecule has 1 saturated heterocycles. The summed E-state index contributed by atoms with van der Waals surface area (Å²) >= 11 is 6.45. The fourth-order valence-corrected chi connectivity index (χ4v) is 6.96. The highest BCUT2D eigenvalue weighted by atomic mass is 35.5. The topological polar surface area (TPSA) is 136 Å². The largest absolute Gasteiger partial charge is 0.351 e. The highest BCUT2D eigenvalue weighted by Gasteiger charge is 2.49. The summed E-state index contributed by atoms with van der Waals surface area (Å²) in [7, 11) is -4.11. The molecule has 2 amide bonds. The highest BCUT2D eigenvalue weighted by molar-refractivity contribution is 7.93. The number of rotatable bonds is 7. The molecule has 0 unspecified atom stereocenters. The lowest BCUT2D eigenvalue weighted by atomic mass is 9.87. The standard InChI is InChI=1S/C27H22ClF3N6O4S/c28-21-4-2-1-3-20(21)24(25(38)35-18-11-27(30,31)12-18)36(19-10-17(29)14-33-15-19)26(39)22-6-8-42(40,41)37(22)23-9-16(13-32)5-7-34-23/h1-5,7,9-10,14-15,18,22,24H,6,8,11-12H2,(H,35,38)/t22-,24+/m0/s1. The fourth-order valence-electron chi connectivity index (χ4n) is 5.04. The van der Waals surface area contributed by atoms with E-state index in [0.717, 1.165) is 27.7 Å². The monoisotopic (exact) mass is 618 g/mol. The maximum Gasteiger partial charge on any atom is 0.252 e. The lowest BCUT2D eigenvalue weighted by Crippen LogP contribution is -2.56. The Balaban J connectivity index is 1.63. The number of nitrogens with one attached hydrogen (secondary N) is 1. The number of amides is 2. The molecule has 42 heavy (non-hydrogen) atoms. The lowest BCUT2D eigenvalue weighted by Gasteiger charge is -2.39. The quantitative estimate of drug-likeness (QED) is 0.426. The molecular weight excluding hydrogens is 597 g/mol. The van der Waals surface area contributed by atoms with Crippen LogP contribution in [0.5, 0.6) is 0 Å². The van der Waals surface area contributed by atoms with Gasteiger partial charge in [0.05, 0.1) is 35.5 Å². The summed E-state index contributed by atoms with van der Waals surface area (Å²) in [5, 5.41) is 11.9. The minimum atomic E-state index is -4.11. The number of carbonyl (C=O) groups excluding carboxylic acids is 2. The van der Waals surface area contributed by atoms with E-state index in [1.165, 1.54) is 36.5 Å². The number of carbonyl (C=O) groups is 2. The smallest absolute Gasteiger partial charge is 0.252 e. The van der Waals surface area contributed by atoms with Crippen LogP contribution in [0.3, 0.4) is 0 Å². The third-order valence-electron chi connectivity index (χ3n) is 6.97. The molecule has 2 aromatic heterocycles. The second kappa shape index (κ2) is 11.2. The first-order valence-corrected chi connectivity index (χ1v) is 14.6. The Bertz CT molecular complexity index is 1690. The number of sulfonamides is 1. The van der Waals surface area contributed by atoms with Crippen LogP contribution in [0.4, 0.5) is 24.7 Å². The van der Waals surface area contributed by atoms with Gasteiger partial charge in [-0.2, -0.15) is 5.26 Å². The van der Waals surface area contributed by atoms with E-state index in [0.29, 0.717) is 0 Å². The van der Waals surface area contributed by atoms with E-state index in [-0.39, 0.29) is 34.1 Å². The predicted octanol–water partition coefficient (Wildman–Crippen LogP) is 3.74. The number of aromatic nitrogens is 2. The number of pyridine rings is 2. The van der Waals surface area contributed by atoms with Crippen LogP contribution in [-0.2, 0) is 19.6 Å². The van der Waals surface area contributed by atoms with Crippen LogP contribution in [0, 0.1) is 17.1 Å². The van der Waals surface area contributed by atoms with Crippen LogP contribution in [0.2, 0.25) is 5.02 Å². The van der Waals surface area contributed by atoms with Gasteiger partial charge in [0, 0.05) is 41.7 Å². The van der Waals surface area contributed by atoms with Crippen molar-refractivity contribution < 1.29 is 31.2 Å². The Morgan fingerprint density at radius 2 is 1.93 bits per heavy atom. The van der Waals surface area contributed by atoms with Crippen molar-refractivity contribution in [1.82, 2.24) is 15.3 Å². The molecule has 3 heterocycles. The second-order valence-electron chi connectivity index (χ2n) is 9.89.